The highest BCUT2D eigenvalue weighted by atomic mass is 16.5. The second-order valence-corrected chi connectivity index (χ2v) is 4.88. The van der Waals surface area contributed by atoms with Crippen molar-refractivity contribution in [2.24, 2.45) is 5.92 Å². The highest BCUT2D eigenvalue weighted by Crippen LogP contribution is 2.03. The first-order valence-corrected chi connectivity index (χ1v) is 6.66. The number of aryl methyl sites for hydroxylation is 1. The Hall–Kier alpha value is -1.39. The summed E-state index contributed by atoms with van der Waals surface area (Å²) in [5.74, 6) is 0.525. The van der Waals surface area contributed by atoms with Crippen molar-refractivity contribution in [1.29, 1.82) is 0 Å². The number of aromatic nitrogens is 3. The second kappa shape index (κ2) is 7.84. The van der Waals surface area contributed by atoms with Crippen LogP contribution >= 0.6 is 0 Å². The van der Waals surface area contributed by atoms with Gasteiger partial charge in [-0.1, -0.05) is 26.0 Å². The first kappa shape index (κ1) is 14.7. The third-order valence-corrected chi connectivity index (χ3v) is 2.60. The normalized spacial score (nSPS) is 10.9. The monoisotopic (exact) mass is 253 g/mol. The average Bonchev–Trinajstić information content (AvgIpc) is 2.75. The van der Waals surface area contributed by atoms with Gasteiger partial charge in [0.1, 0.15) is 0 Å². The van der Waals surface area contributed by atoms with Crippen molar-refractivity contribution in [3.05, 3.63) is 11.9 Å². The summed E-state index contributed by atoms with van der Waals surface area (Å²) in [4.78, 5) is 11.2. The van der Waals surface area contributed by atoms with Crippen LogP contribution in [-0.4, -0.2) is 27.6 Å². The lowest BCUT2D eigenvalue weighted by molar-refractivity contribution is -0.143. The first-order chi connectivity index (χ1) is 8.61. The molecule has 0 amide bonds. The molecule has 0 radical (unpaired) electrons. The molecular formula is C13H23N3O2. The van der Waals surface area contributed by atoms with E-state index in [4.69, 9.17) is 4.74 Å². The Bertz CT molecular complexity index is 361. The molecule has 0 aromatic carbocycles. The molecule has 5 heteroatoms. The predicted molar refractivity (Wildman–Crippen MR) is 69.0 cm³/mol. The lowest BCUT2D eigenvalue weighted by Gasteiger charge is -2.03. The summed E-state index contributed by atoms with van der Waals surface area (Å²) < 4.78 is 6.93. The SMILES string of the molecule is CCCC(=O)OCCc1cn(CCC(C)C)nn1. The Kier molecular flexibility index (Phi) is 6.39. The third kappa shape index (κ3) is 5.80. The fourth-order valence-corrected chi connectivity index (χ4v) is 1.50. The molecule has 0 N–H and O–H groups in total. The molecule has 1 rings (SSSR count). The Morgan fingerprint density at radius 1 is 1.50 bits per heavy atom. The molecule has 0 unspecified atom stereocenters. The minimum atomic E-state index is -0.135. The summed E-state index contributed by atoms with van der Waals surface area (Å²) in [7, 11) is 0. The molecule has 0 saturated heterocycles. The van der Waals surface area contributed by atoms with Crippen molar-refractivity contribution >= 4 is 5.97 Å². The molecule has 0 aliphatic rings. The number of hydrogen-bond acceptors (Lipinski definition) is 4. The average molecular weight is 253 g/mol. The minimum Gasteiger partial charge on any atom is -0.465 e. The van der Waals surface area contributed by atoms with E-state index in [1.807, 2.05) is 17.8 Å². The van der Waals surface area contributed by atoms with Crippen LogP contribution in [0.3, 0.4) is 0 Å². The van der Waals surface area contributed by atoms with Gasteiger partial charge in [-0.25, -0.2) is 0 Å². The van der Waals surface area contributed by atoms with Crippen LogP contribution in [0.4, 0.5) is 0 Å². The van der Waals surface area contributed by atoms with Crippen LogP contribution in [0.15, 0.2) is 6.20 Å². The molecule has 0 atom stereocenters. The van der Waals surface area contributed by atoms with Gasteiger partial charge in [-0.15, -0.1) is 5.10 Å². The Morgan fingerprint density at radius 2 is 2.28 bits per heavy atom. The molecule has 0 aliphatic heterocycles. The summed E-state index contributed by atoms with van der Waals surface area (Å²) in [6.07, 6.45) is 4.97. The van der Waals surface area contributed by atoms with E-state index in [2.05, 4.69) is 24.2 Å². The van der Waals surface area contributed by atoms with Crippen LogP contribution in [-0.2, 0) is 22.5 Å². The van der Waals surface area contributed by atoms with Crippen LogP contribution in [0.5, 0.6) is 0 Å². The van der Waals surface area contributed by atoms with Crippen LogP contribution < -0.4 is 0 Å². The maximum absolute atomic E-state index is 11.2. The van der Waals surface area contributed by atoms with E-state index in [1.165, 1.54) is 0 Å². The van der Waals surface area contributed by atoms with Crippen molar-refractivity contribution in [3.8, 4) is 0 Å². The summed E-state index contributed by atoms with van der Waals surface area (Å²) in [5, 5.41) is 8.11. The topological polar surface area (TPSA) is 57.0 Å². The summed E-state index contributed by atoms with van der Waals surface area (Å²) >= 11 is 0. The lowest BCUT2D eigenvalue weighted by atomic mass is 10.1. The predicted octanol–water partition coefficient (Wildman–Crippen LogP) is 2.21. The first-order valence-electron chi connectivity index (χ1n) is 6.66. The van der Waals surface area contributed by atoms with Gasteiger partial charge < -0.3 is 4.74 Å². The van der Waals surface area contributed by atoms with Gasteiger partial charge in [0.2, 0.25) is 0 Å². The standard InChI is InChI=1S/C13H23N3O2/c1-4-5-13(17)18-9-7-12-10-16(15-14-12)8-6-11(2)3/h10-11H,4-9H2,1-3H3. The van der Waals surface area contributed by atoms with E-state index in [9.17, 15) is 4.79 Å². The fraction of sp³-hybridized carbons (Fsp3) is 0.769. The molecule has 0 aliphatic carbocycles. The van der Waals surface area contributed by atoms with E-state index < -0.39 is 0 Å². The summed E-state index contributed by atoms with van der Waals surface area (Å²) in [6.45, 7) is 7.61. The molecule has 0 fully saturated rings. The van der Waals surface area contributed by atoms with Crippen molar-refractivity contribution in [2.45, 2.75) is 53.0 Å². The van der Waals surface area contributed by atoms with Crippen molar-refractivity contribution in [2.75, 3.05) is 6.61 Å². The van der Waals surface area contributed by atoms with Gasteiger partial charge in [0, 0.05) is 25.6 Å². The molecule has 0 saturated carbocycles. The molecule has 1 aromatic rings. The van der Waals surface area contributed by atoms with Crippen molar-refractivity contribution in [3.63, 3.8) is 0 Å². The molecule has 18 heavy (non-hydrogen) atoms. The zero-order valence-electron chi connectivity index (χ0n) is 11.6. The van der Waals surface area contributed by atoms with E-state index in [1.54, 1.807) is 0 Å². The van der Waals surface area contributed by atoms with E-state index in [0.717, 1.165) is 25.1 Å². The molecule has 0 spiro atoms. The van der Waals surface area contributed by atoms with Crippen molar-refractivity contribution < 1.29 is 9.53 Å². The maximum atomic E-state index is 11.2. The smallest absolute Gasteiger partial charge is 0.305 e. The van der Waals surface area contributed by atoms with Crippen LogP contribution in [0, 0.1) is 5.92 Å². The largest absolute Gasteiger partial charge is 0.465 e. The zero-order valence-corrected chi connectivity index (χ0v) is 11.6. The summed E-state index contributed by atoms with van der Waals surface area (Å²) in [5.41, 5.74) is 0.878. The number of carbonyl (C=O) groups excluding carboxylic acids is 1. The van der Waals surface area contributed by atoms with Crippen LogP contribution in [0.2, 0.25) is 0 Å². The van der Waals surface area contributed by atoms with Gasteiger partial charge in [-0.2, -0.15) is 0 Å². The quantitative estimate of drug-likeness (QED) is 0.666. The molecule has 1 heterocycles. The van der Waals surface area contributed by atoms with Gasteiger partial charge in [0.15, 0.2) is 0 Å². The fourth-order valence-electron chi connectivity index (χ4n) is 1.50. The van der Waals surface area contributed by atoms with Gasteiger partial charge in [-0.05, 0) is 18.8 Å². The van der Waals surface area contributed by atoms with E-state index in [0.29, 0.717) is 25.4 Å². The number of ether oxygens (including phenoxy) is 1. The molecule has 1 aromatic heterocycles. The maximum Gasteiger partial charge on any atom is 0.305 e. The van der Waals surface area contributed by atoms with Gasteiger partial charge in [0.25, 0.3) is 0 Å². The minimum absolute atomic E-state index is 0.135. The van der Waals surface area contributed by atoms with Gasteiger partial charge >= 0.3 is 5.97 Å². The lowest BCUT2D eigenvalue weighted by Crippen LogP contribution is -2.07. The Morgan fingerprint density at radius 3 is 2.94 bits per heavy atom. The highest BCUT2D eigenvalue weighted by Gasteiger charge is 2.04. The van der Waals surface area contributed by atoms with Crippen molar-refractivity contribution in [1.82, 2.24) is 15.0 Å². The number of hydrogen-bond donors (Lipinski definition) is 0. The number of esters is 1. The number of carbonyl (C=O) groups is 1. The highest BCUT2D eigenvalue weighted by molar-refractivity contribution is 5.69. The Labute approximate surface area is 109 Å². The Balaban J connectivity index is 2.24. The van der Waals surface area contributed by atoms with Crippen LogP contribution in [0.1, 0.15) is 45.7 Å². The molecular weight excluding hydrogens is 230 g/mol. The molecule has 0 bridgehead atoms. The van der Waals surface area contributed by atoms with E-state index >= 15 is 0 Å². The summed E-state index contributed by atoms with van der Waals surface area (Å²) in [6, 6.07) is 0. The number of rotatable bonds is 8. The second-order valence-electron chi connectivity index (χ2n) is 4.88. The number of nitrogens with zero attached hydrogens (tertiary/aromatic N) is 3. The van der Waals surface area contributed by atoms with Gasteiger partial charge in [-0.3, -0.25) is 9.48 Å². The molecule has 5 nitrogen and oxygen atoms in total. The zero-order chi connectivity index (χ0) is 13.4. The van der Waals surface area contributed by atoms with E-state index in [-0.39, 0.29) is 5.97 Å². The third-order valence-electron chi connectivity index (χ3n) is 2.60. The van der Waals surface area contributed by atoms with Crippen LogP contribution in [0.25, 0.3) is 0 Å². The molecule has 102 valence electrons. The van der Waals surface area contributed by atoms with Gasteiger partial charge in [0.05, 0.1) is 12.3 Å².